The van der Waals surface area contributed by atoms with Gasteiger partial charge in [0.05, 0.1) is 5.02 Å². The van der Waals surface area contributed by atoms with E-state index < -0.39 is 0 Å². The van der Waals surface area contributed by atoms with E-state index in [1.807, 2.05) is 24.8 Å². The van der Waals surface area contributed by atoms with Gasteiger partial charge in [0.1, 0.15) is 5.82 Å². The fourth-order valence-corrected chi connectivity index (χ4v) is 1.72. The van der Waals surface area contributed by atoms with Crippen molar-refractivity contribution >= 4 is 23.4 Å². The van der Waals surface area contributed by atoms with E-state index in [1.54, 1.807) is 6.07 Å². The third-order valence-electron chi connectivity index (χ3n) is 2.83. The number of rotatable bonds is 5. The Balaban J connectivity index is 2.64. The molecule has 1 atom stereocenters. The molecule has 17 heavy (non-hydrogen) atoms. The van der Waals surface area contributed by atoms with Crippen LogP contribution in [0.1, 0.15) is 32.4 Å². The van der Waals surface area contributed by atoms with Crippen LogP contribution in [-0.2, 0) is 0 Å². The molecule has 1 N–H and O–H groups in total. The molecule has 0 aliphatic carbocycles. The quantitative estimate of drug-likeness (QED) is 0.861. The van der Waals surface area contributed by atoms with E-state index in [0.717, 1.165) is 12.1 Å². The zero-order valence-electron chi connectivity index (χ0n) is 10.7. The number of thioether (sulfide) groups is 1. The number of hydrogen-bond acceptors (Lipinski definition) is 2. The highest BCUT2D eigenvalue weighted by molar-refractivity contribution is 7.99. The molecule has 1 rings (SSSR count). The van der Waals surface area contributed by atoms with Crippen LogP contribution in [0, 0.1) is 5.82 Å². The van der Waals surface area contributed by atoms with Crippen molar-refractivity contribution in [3.05, 3.63) is 34.6 Å². The fourth-order valence-electron chi connectivity index (χ4n) is 1.37. The van der Waals surface area contributed by atoms with Gasteiger partial charge in [0.25, 0.3) is 0 Å². The molecule has 1 nitrogen and oxygen atoms in total. The Bertz CT molecular complexity index is 382. The molecule has 1 unspecified atom stereocenters. The van der Waals surface area contributed by atoms with Crippen LogP contribution in [0.5, 0.6) is 0 Å². The first-order chi connectivity index (χ1) is 7.85. The SMILES string of the molecule is CSC(C)(C)CNC(C)c1ccc(Cl)c(F)c1. The van der Waals surface area contributed by atoms with E-state index >= 15 is 0 Å². The first-order valence-corrected chi connectivity index (χ1v) is 7.19. The number of hydrogen-bond donors (Lipinski definition) is 1. The Hall–Kier alpha value is -0.250. The van der Waals surface area contributed by atoms with E-state index in [0.29, 0.717) is 0 Å². The van der Waals surface area contributed by atoms with E-state index in [4.69, 9.17) is 11.6 Å². The van der Waals surface area contributed by atoms with Gasteiger partial charge in [-0.3, -0.25) is 0 Å². The maximum Gasteiger partial charge on any atom is 0.142 e. The molecule has 0 bridgehead atoms. The molecule has 1 aromatic rings. The summed E-state index contributed by atoms with van der Waals surface area (Å²) in [4.78, 5) is 0. The van der Waals surface area contributed by atoms with Gasteiger partial charge < -0.3 is 5.32 Å². The highest BCUT2D eigenvalue weighted by Crippen LogP contribution is 2.23. The average Bonchev–Trinajstić information content (AvgIpc) is 2.30. The van der Waals surface area contributed by atoms with Gasteiger partial charge in [-0.05, 0) is 44.7 Å². The molecule has 0 aliphatic rings. The van der Waals surface area contributed by atoms with E-state index in [2.05, 4.69) is 25.4 Å². The summed E-state index contributed by atoms with van der Waals surface area (Å²) in [5.41, 5.74) is 0.920. The highest BCUT2D eigenvalue weighted by atomic mass is 35.5. The molecule has 0 aromatic heterocycles. The van der Waals surface area contributed by atoms with Gasteiger partial charge in [0.2, 0.25) is 0 Å². The van der Waals surface area contributed by atoms with Crippen molar-refractivity contribution in [2.45, 2.75) is 31.6 Å². The molecule has 4 heteroatoms. The van der Waals surface area contributed by atoms with Crippen LogP contribution < -0.4 is 5.32 Å². The highest BCUT2D eigenvalue weighted by Gasteiger charge is 2.17. The molecule has 0 saturated heterocycles. The van der Waals surface area contributed by atoms with Crippen molar-refractivity contribution in [1.29, 1.82) is 0 Å². The van der Waals surface area contributed by atoms with Crippen LogP contribution in [0.15, 0.2) is 18.2 Å². The Morgan fingerprint density at radius 3 is 2.65 bits per heavy atom. The molecule has 0 spiro atoms. The van der Waals surface area contributed by atoms with Crippen molar-refractivity contribution in [2.75, 3.05) is 12.8 Å². The smallest absolute Gasteiger partial charge is 0.142 e. The van der Waals surface area contributed by atoms with Crippen molar-refractivity contribution < 1.29 is 4.39 Å². The fraction of sp³-hybridized carbons (Fsp3) is 0.538. The van der Waals surface area contributed by atoms with Crippen LogP contribution in [0.4, 0.5) is 4.39 Å². The number of halogens is 2. The summed E-state index contributed by atoms with van der Waals surface area (Å²) in [6, 6.07) is 5.07. The minimum atomic E-state index is -0.359. The standard InChI is InChI=1S/C13H19ClFNS/c1-9(16-8-13(2,3)17-4)10-5-6-11(14)12(15)7-10/h5-7,9,16H,8H2,1-4H3. The maximum absolute atomic E-state index is 13.3. The van der Waals surface area contributed by atoms with Crippen LogP contribution in [0.25, 0.3) is 0 Å². The molecular formula is C13H19ClFNS. The average molecular weight is 276 g/mol. The lowest BCUT2D eigenvalue weighted by molar-refractivity contribution is 0.519. The molecule has 0 fully saturated rings. The second-order valence-corrected chi connectivity index (χ2v) is 6.66. The van der Waals surface area contributed by atoms with Gasteiger partial charge in [-0.25, -0.2) is 4.39 Å². The predicted octanol–water partition coefficient (Wildman–Crippen LogP) is 4.27. The molecule has 0 radical (unpaired) electrons. The Kier molecular flexibility index (Phi) is 5.29. The van der Waals surface area contributed by atoms with Crippen molar-refractivity contribution in [3.63, 3.8) is 0 Å². The lowest BCUT2D eigenvalue weighted by Gasteiger charge is -2.25. The predicted molar refractivity (Wildman–Crippen MR) is 75.4 cm³/mol. The monoisotopic (exact) mass is 275 g/mol. The van der Waals surface area contributed by atoms with E-state index in [1.165, 1.54) is 6.07 Å². The molecule has 0 saturated carbocycles. The Morgan fingerprint density at radius 2 is 2.12 bits per heavy atom. The maximum atomic E-state index is 13.3. The van der Waals surface area contributed by atoms with Gasteiger partial charge in [-0.1, -0.05) is 17.7 Å². The third-order valence-corrected chi connectivity index (χ3v) is 4.39. The van der Waals surface area contributed by atoms with Crippen molar-refractivity contribution in [2.24, 2.45) is 0 Å². The van der Waals surface area contributed by atoms with Gasteiger partial charge in [-0.15, -0.1) is 0 Å². The molecule has 1 aromatic carbocycles. The van der Waals surface area contributed by atoms with E-state index in [9.17, 15) is 4.39 Å². The van der Waals surface area contributed by atoms with Crippen LogP contribution >= 0.6 is 23.4 Å². The summed E-state index contributed by atoms with van der Waals surface area (Å²) in [5.74, 6) is -0.359. The van der Waals surface area contributed by atoms with Gasteiger partial charge in [0, 0.05) is 17.3 Å². The Morgan fingerprint density at radius 1 is 1.47 bits per heavy atom. The Labute approximate surface area is 112 Å². The third kappa shape index (κ3) is 4.49. The van der Waals surface area contributed by atoms with Crippen molar-refractivity contribution in [3.8, 4) is 0 Å². The topological polar surface area (TPSA) is 12.0 Å². The molecule has 96 valence electrons. The second kappa shape index (κ2) is 6.07. The van der Waals surface area contributed by atoms with Gasteiger partial charge in [-0.2, -0.15) is 11.8 Å². The molecular weight excluding hydrogens is 257 g/mol. The summed E-state index contributed by atoms with van der Waals surface area (Å²) < 4.78 is 13.5. The summed E-state index contributed by atoms with van der Waals surface area (Å²) in [6.45, 7) is 7.26. The summed E-state index contributed by atoms with van der Waals surface area (Å²) in [5, 5.41) is 3.58. The molecule has 0 heterocycles. The lowest BCUT2D eigenvalue weighted by atomic mass is 10.1. The van der Waals surface area contributed by atoms with E-state index in [-0.39, 0.29) is 21.6 Å². The molecule has 0 aliphatic heterocycles. The number of nitrogens with one attached hydrogen (secondary N) is 1. The van der Waals surface area contributed by atoms with Crippen LogP contribution in [0.3, 0.4) is 0 Å². The second-order valence-electron chi connectivity index (χ2n) is 4.74. The first kappa shape index (κ1) is 14.8. The summed E-state index contributed by atoms with van der Waals surface area (Å²) in [7, 11) is 0. The van der Waals surface area contributed by atoms with Crippen LogP contribution in [-0.4, -0.2) is 17.5 Å². The lowest BCUT2D eigenvalue weighted by Crippen LogP contribution is -2.33. The summed E-state index contributed by atoms with van der Waals surface area (Å²) in [6.07, 6.45) is 2.09. The first-order valence-electron chi connectivity index (χ1n) is 5.59. The molecule has 0 amide bonds. The van der Waals surface area contributed by atoms with Gasteiger partial charge in [0.15, 0.2) is 0 Å². The zero-order chi connectivity index (χ0) is 13.1. The minimum Gasteiger partial charge on any atom is -0.309 e. The van der Waals surface area contributed by atoms with Gasteiger partial charge >= 0.3 is 0 Å². The van der Waals surface area contributed by atoms with Crippen molar-refractivity contribution in [1.82, 2.24) is 5.32 Å². The normalized spacial score (nSPS) is 13.8. The van der Waals surface area contributed by atoms with Crippen LogP contribution in [0.2, 0.25) is 5.02 Å². The number of benzene rings is 1. The summed E-state index contributed by atoms with van der Waals surface area (Å²) >= 11 is 7.47. The minimum absolute atomic E-state index is 0.119. The zero-order valence-corrected chi connectivity index (χ0v) is 12.3. The largest absolute Gasteiger partial charge is 0.309 e.